The van der Waals surface area contributed by atoms with Gasteiger partial charge in [0, 0.05) is 41.5 Å². The summed E-state index contributed by atoms with van der Waals surface area (Å²) in [6.45, 7) is 0.735. The highest BCUT2D eigenvalue weighted by molar-refractivity contribution is 6.07. The molecule has 3 aromatic carbocycles. The van der Waals surface area contributed by atoms with E-state index in [9.17, 15) is 14.9 Å². The Morgan fingerprint density at radius 1 is 1.06 bits per heavy atom. The van der Waals surface area contributed by atoms with Gasteiger partial charge in [-0.15, -0.1) is 0 Å². The highest BCUT2D eigenvalue weighted by Crippen LogP contribution is 2.50. The van der Waals surface area contributed by atoms with Gasteiger partial charge in [0.2, 0.25) is 0 Å². The van der Waals surface area contributed by atoms with Crippen molar-refractivity contribution in [3.8, 4) is 0 Å². The Hall–Kier alpha value is -3.93. The average Bonchev–Trinajstić information content (AvgIpc) is 3.38. The first-order chi connectivity index (χ1) is 16.6. The van der Waals surface area contributed by atoms with Crippen LogP contribution in [-0.2, 0) is 6.42 Å². The maximum absolute atomic E-state index is 13.5. The first kappa shape index (κ1) is 20.7. The lowest BCUT2D eigenvalue weighted by molar-refractivity contribution is -0.384. The van der Waals surface area contributed by atoms with Crippen molar-refractivity contribution in [2.45, 2.75) is 31.2 Å². The van der Waals surface area contributed by atoms with Gasteiger partial charge in [-0.05, 0) is 66.1 Å². The number of benzene rings is 3. The summed E-state index contributed by atoms with van der Waals surface area (Å²) in [6, 6.07) is 21.1. The van der Waals surface area contributed by atoms with Gasteiger partial charge in [0.1, 0.15) is 0 Å². The third-order valence-electron chi connectivity index (χ3n) is 7.43. The van der Waals surface area contributed by atoms with Crippen molar-refractivity contribution in [3.63, 3.8) is 0 Å². The molecule has 170 valence electrons. The first-order valence-electron chi connectivity index (χ1n) is 11.8. The molecule has 34 heavy (non-hydrogen) atoms. The first-order valence-corrected chi connectivity index (χ1v) is 11.8. The molecule has 0 saturated carbocycles. The molecule has 6 heteroatoms. The van der Waals surface area contributed by atoms with Crippen molar-refractivity contribution in [2.24, 2.45) is 5.92 Å². The van der Waals surface area contributed by atoms with E-state index in [-0.39, 0.29) is 28.5 Å². The van der Waals surface area contributed by atoms with Gasteiger partial charge in [-0.25, -0.2) is 0 Å². The molecule has 3 aliphatic rings. The standard InChI is InChI=1S/C28H25N3O3/c32-28(30-16-4-6-18-5-1-2-9-26(18)30)20-12-15-25-24(17-20)22-7-3-8-23(22)27(29-25)19-10-13-21(14-11-19)31(33)34/h1-3,5,7,9-15,17,22-23,27,29H,4,6,8,16H2/t22-,23-,27-/m1/s1. The minimum Gasteiger partial charge on any atom is -0.378 e. The van der Waals surface area contributed by atoms with E-state index in [4.69, 9.17) is 0 Å². The molecule has 2 heterocycles. The molecule has 0 unspecified atom stereocenters. The number of hydrogen-bond donors (Lipinski definition) is 1. The number of nitro groups is 1. The molecular weight excluding hydrogens is 426 g/mol. The van der Waals surface area contributed by atoms with Gasteiger partial charge < -0.3 is 10.2 Å². The van der Waals surface area contributed by atoms with Crippen LogP contribution in [0.15, 0.2) is 78.9 Å². The van der Waals surface area contributed by atoms with Gasteiger partial charge in [0.05, 0.1) is 11.0 Å². The smallest absolute Gasteiger partial charge is 0.269 e. The molecule has 0 spiro atoms. The van der Waals surface area contributed by atoms with Gasteiger partial charge in [0.15, 0.2) is 0 Å². The van der Waals surface area contributed by atoms with E-state index < -0.39 is 0 Å². The highest BCUT2D eigenvalue weighted by Gasteiger charge is 2.38. The Balaban J connectivity index is 1.32. The molecule has 3 aromatic rings. The van der Waals surface area contributed by atoms with Crippen LogP contribution < -0.4 is 10.2 Å². The summed E-state index contributed by atoms with van der Waals surface area (Å²) in [4.78, 5) is 26.1. The zero-order valence-electron chi connectivity index (χ0n) is 18.7. The summed E-state index contributed by atoms with van der Waals surface area (Å²) < 4.78 is 0. The number of allylic oxidation sites excluding steroid dienone is 2. The molecule has 1 aliphatic carbocycles. The monoisotopic (exact) mass is 451 g/mol. The van der Waals surface area contributed by atoms with Crippen molar-refractivity contribution in [1.29, 1.82) is 0 Å². The SMILES string of the molecule is O=C(c1ccc2c(c1)[C@@H]1C=CC[C@H]1[C@@H](c1ccc([N+](=O)[O-])cc1)N2)N1CCCc2ccccc21. The second-order valence-corrected chi connectivity index (χ2v) is 9.32. The van der Waals surface area contributed by atoms with Crippen molar-refractivity contribution in [3.05, 3.63) is 111 Å². The van der Waals surface area contributed by atoms with Crippen molar-refractivity contribution < 1.29 is 9.72 Å². The zero-order valence-corrected chi connectivity index (χ0v) is 18.7. The predicted molar refractivity (Wildman–Crippen MR) is 132 cm³/mol. The third kappa shape index (κ3) is 3.37. The van der Waals surface area contributed by atoms with E-state index in [2.05, 4.69) is 29.6 Å². The number of nitrogens with one attached hydrogen (secondary N) is 1. The number of aryl methyl sites for hydroxylation is 1. The molecule has 1 amide bonds. The second kappa shape index (κ2) is 8.13. The number of hydrogen-bond acceptors (Lipinski definition) is 4. The number of carbonyl (C=O) groups excluding carboxylic acids is 1. The summed E-state index contributed by atoms with van der Waals surface area (Å²) in [5.74, 6) is 0.554. The van der Waals surface area contributed by atoms with Gasteiger partial charge in [-0.3, -0.25) is 14.9 Å². The molecule has 0 bridgehead atoms. The number of amides is 1. The Kier molecular flexibility index (Phi) is 4.94. The van der Waals surface area contributed by atoms with Crippen molar-refractivity contribution in [1.82, 2.24) is 0 Å². The van der Waals surface area contributed by atoms with Crippen LogP contribution in [0, 0.1) is 16.0 Å². The van der Waals surface area contributed by atoms with E-state index in [1.54, 1.807) is 12.1 Å². The fraction of sp³-hybridized carbons (Fsp3) is 0.250. The van der Waals surface area contributed by atoms with Crippen LogP contribution in [0.3, 0.4) is 0 Å². The number of fused-ring (bicyclic) bond motifs is 4. The van der Waals surface area contributed by atoms with Gasteiger partial charge >= 0.3 is 0 Å². The van der Waals surface area contributed by atoms with E-state index >= 15 is 0 Å². The van der Waals surface area contributed by atoms with Gasteiger partial charge in [-0.1, -0.05) is 42.5 Å². The molecule has 0 radical (unpaired) electrons. The lowest BCUT2D eigenvalue weighted by Crippen LogP contribution is -2.36. The molecule has 0 fully saturated rings. The van der Waals surface area contributed by atoms with Crippen LogP contribution >= 0.6 is 0 Å². The Morgan fingerprint density at radius 3 is 2.71 bits per heavy atom. The van der Waals surface area contributed by atoms with Gasteiger partial charge in [0.25, 0.3) is 11.6 Å². The highest BCUT2D eigenvalue weighted by atomic mass is 16.6. The Labute approximate surface area is 198 Å². The predicted octanol–water partition coefficient (Wildman–Crippen LogP) is 6.01. The summed E-state index contributed by atoms with van der Waals surface area (Å²) in [7, 11) is 0. The largest absolute Gasteiger partial charge is 0.378 e. The maximum atomic E-state index is 13.5. The number of nitrogens with zero attached hydrogens (tertiary/aromatic N) is 2. The topological polar surface area (TPSA) is 75.5 Å². The van der Waals surface area contributed by atoms with E-state index in [0.29, 0.717) is 11.5 Å². The van der Waals surface area contributed by atoms with E-state index in [0.717, 1.165) is 48.3 Å². The second-order valence-electron chi connectivity index (χ2n) is 9.32. The molecule has 0 aromatic heterocycles. The average molecular weight is 452 g/mol. The van der Waals surface area contributed by atoms with Crippen LogP contribution in [0.5, 0.6) is 0 Å². The molecule has 6 rings (SSSR count). The number of nitro benzene ring substituents is 1. The molecule has 0 saturated heterocycles. The van der Waals surface area contributed by atoms with Crippen LogP contribution in [0.2, 0.25) is 0 Å². The molecule has 6 nitrogen and oxygen atoms in total. The zero-order chi connectivity index (χ0) is 23.2. The lowest BCUT2D eigenvalue weighted by atomic mass is 9.76. The summed E-state index contributed by atoms with van der Waals surface area (Å²) in [6.07, 6.45) is 7.36. The summed E-state index contributed by atoms with van der Waals surface area (Å²) in [5.41, 5.74) is 6.27. The number of non-ortho nitro benzene ring substituents is 1. The van der Waals surface area contributed by atoms with Crippen LogP contribution in [-0.4, -0.2) is 17.4 Å². The van der Waals surface area contributed by atoms with Crippen molar-refractivity contribution in [2.75, 3.05) is 16.8 Å². The maximum Gasteiger partial charge on any atom is 0.269 e. The normalized spacial score (nSPS) is 22.4. The molecule has 3 atom stereocenters. The van der Waals surface area contributed by atoms with E-state index in [1.807, 2.05) is 47.4 Å². The number of para-hydroxylation sites is 1. The number of rotatable bonds is 3. The third-order valence-corrected chi connectivity index (χ3v) is 7.43. The van der Waals surface area contributed by atoms with Crippen LogP contribution in [0.1, 0.15) is 51.8 Å². The molecular formula is C28H25N3O3. The number of anilines is 2. The summed E-state index contributed by atoms with van der Waals surface area (Å²) >= 11 is 0. The molecule has 1 N–H and O–H groups in total. The Bertz CT molecular complexity index is 1310. The van der Waals surface area contributed by atoms with E-state index in [1.165, 1.54) is 5.56 Å². The Morgan fingerprint density at radius 2 is 1.88 bits per heavy atom. The van der Waals surface area contributed by atoms with Crippen LogP contribution in [0.4, 0.5) is 17.1 Å². The fourth-order valence-corrected chi connectivity index (χ4v) is 5.76. The van der Waals surface area contributed by atoms with Gasteiger partial charge in [-0.2, -0.15) is 0 Å². The quantitative estimate of drug-likeness (QED) is 0.300. The minimum absolute atomic E-state index is 0.0472. The van der Waals surface area contributed by atoms with Crippen LogP contribution in [0.25, 0.3) is 0 Å². The summed E-state index contributed by atoms with van der Waals surface area (Å²) in [5, 5.41) is 14.7. The van der Waals surface area contributed by atoms with Crippen molar-refractivity contribution >= 4 is 23.0 Å². The number of carbonyl (C=O) groups is 1. The molecule has 2 aliphatic heterocycles. The fourth-order valence-electron chi connectivity index (χ4n) is 5.76. The lowest BCUT2D eigenvalue weighted by Gasteiger charge is -2.38. The minimum atomic E-state index is -0.368.